The van der Waals surface area contributed by atoms with Crippen LogP contribution in [0.1, 0.15) is 11.1 Å². The highest BCUT2D eigenvalue weighted by molar-refractivity contribution is 6.30. The molecule has 1 aromatic heterocycles. The summed E-state index contributed by atoms with van der Waals surface area (Å²) in [4.78, 5) is 9.33. The van der Waals surface area contributed by atoms with Gasteiger partial charge in [-0.2, -0.15) is 0 Å². The predicted octanol–water partition coefficient (Wildman–Crippen LogP) is 5.50. The van der Waals surface area contributed by atoms with Gasteiger partial charge in [0.25, 0.3) is 0 Å². The Balaban J connectivity index is 1.70. The molecule has 4 nitrogen and oxygen atoms in total. The summed E-state index contributed by atoms with van der Waals surface area (Å²) in [7, 11) is 1.65. The molecule has 5 heteroatoms. The highest BCUT2D eigenvalue weighted by Gasteiger charge is 2.10. The lowest BCUT2D eigenvalue weighted by molar-refractivity contribution is 0.415. The number of hydrogen-bond donors (Lipinski definition) is 0. The fraction of sp³-hybridized carbons (Fsp3) is 0.0909. The van der Waals surface area contributed by atoms with Crippen LogP contribution in [0.5, 0.6) is 5.75 Å². The lowest BCUT2D eigenvalue weighted by Crippen LogP contribution is -1.99. The minimum Gasteiger partial charge on any atom is -0.497 e. The van der Waals surface area contributed by atoms with Crippen LogP contribution in [0.15, 0.2) is 77.8 Å². The number of nitrogens with zero attached hydrogens (tertiary/aromatic N) is 3. The summed E-state index contributed by atoms with van der Waals surface area (Å²) in [6.07, 6.45) is 1.82. The molecule has 0 bridgehead atoms. The third kappa shape index (κ3) is 3.86. The average molecular weight is 376 g/mol. The zero-order valence-electron chi connectivity index (χ0n) is 14.8. The van der Waals surface area contributed by atoms with Crippen LogP contribution >= 0.6 is 11.6 Å². The first-order valence-electron chi connectivity index (χ1n) is 8.61. The monoisotopic (exact) mass is 375 g/mol. The molecule has 0 aliphatic heterocycles. The van der Waals surface area contributed by atoms with E-state index in [-0.39, 0.29) is 0 Å². The number of fused-ring (bicyclic) bond motifs is 1. The summed E-state index contributed by atoms with van der Waals surface area (Å²) in [6.45, 7) is 0.674. The Labute approximate surface area is 162 Å². The maximum atomic E-state index is 6.01. The van der Waals surface area contributed by atoms with Crippen LogP contribution in [0.3, 0.4) is 0 Å². The van der Waals surface area contributed by atoms with Crippen molar-refractivity contribution in [1.82, 2.24) is 9.55 Å². The van der Waals surface area contributed by atoms with Crippen molar-refractivity contribution in [2.45, 2.75) is 6.54 Å². The lowest BCUT2D eigenvalue weighted by atomic mass is 10.2. The van der Waals surface area contributed by atoms with Gasteiger partial charge in [0.15, 0.2) is 0 Å². The molecular weight excluding hydrogens is 358 g/mol. The predicted molar refractivity (Wildman–Crippen MR) is 111 cm³/mol. The number of rotatable bonds is 5. The molecule has 0 radical (unpaired) electrons. The van der Waals surface area contributed by atoms with Gasteiger partial charge in [-0.05, 0) is 59.7 Å². The van der Waals surface area contributed by atoms with E-state index in [1.54, 1.807) is 7.11 Å². The number of imidazole rings is 1. The first-order valence-corrected chi connectivity index (χ1v) is 8.98. The molecule has 0 aliphatic carbocycles. The van der Waals surface area contributed by atoms with Crippen molar-refractivity contribution in [3.8, 4) is 5.75 Å². The molecule has 27 heavy (non-hydrogen) atoms. The first-order chi connectivity index (χ1) is 13.2. The molecule has 0 N–H and O–H groups in total. The van der Waals surface area contributed by atoms with E-state index in [0.29, 0.717) is 12.5 Å². The van der Waals surface area contributed by atoms with Crippen molar-refractivity contribution < 1.29 is 4.74 Å². The van der Waals surface area contributed by atoms with Crippen molar-refractivity contribution in [2.24, 2.45) is 4.99 Å². The number of methoxy groups -OCH3 is 1. The number of ether oxygens (including phenoxy) is 1. The molecule has 0 amide bonds. The molecule has 0 fully saturated rings. The summed E-state index contributed by atoms with van der Waals surface area (Å²) in [5, 5.41) is 0.729. The molecule has 0 spiro atoms. The van der Waals surface area contributed by atoms with Crippen LogP contribution in [0.2, 0.25) is 5.02 Å². The Morgan fingerprint density at radius 3 is 2.48 bits per heavy atom. The van der Waals surface area contributed by atoms with Gasteiger partial charge in [0.1, 0.15) is 5.75 Å². The number of para-hydroxylation sites is 2. The van der Waals surface area contributed by atoms with E-state index in [1.807, 2.05) is 72.9 Å². The van der Waals surface area contributed by atoms with Crippen LogP contribution < -0.4 is 4.74 Å². The normalized spacial score (nSPS) is 11.3. The van der Waals surface area contributed by atoms with Gasteiger partial charge in [-0.1, -0.05) is 35.9 Å². The summed E-state index contributed by atoms with van der Waals surface area (Å²) in [5.41, 5.74) is 4.10. The van der Waals surface area contributed by atoms with E-state index in [0.717, 1.165) is 32.9 Å². The molecule has 0 saturated carbocycles. The summed E-state index contributed by atoms with van der Waals surface area (Å²) in [5.74, 6) is 1.49. The summed E-state index contributed by atoms with van der Waals surface area (Å²) >= 11 is 6.01. The van der Waals surface area contributed by atoms with Crippen LogP contribution in [0, 0.1) is 0 Å². The van der Waals surface area contributed by atoms with E-state index in [9.17, 15) is 0 Å². The molecule has 0 atom stereocenters. The number of benzene rings is 3. The van der Waals surface area contributed by atoms with Gasteiger partial charge in [0.05, 0.1) is 24.7 Å². The van der Waals surface area contributed by atoms with Crippen LogP contribution in [0.4, 0.5) is 5.95 Å². The van der Waals surface area contributed by atoms with E-state index in [2.05, 4.69) is 20.6 Å². The zero-order chi connectivity index (χ0) is 18.6. The SMILES string of the molecule is COc1ccc(/C=N/c2nc3ccccc3n2Cc2ccc(Cl)cc2)cc1. The Bertz CT molecular complexity index is 1080. The van der Waals surface area contributed by atoms with Gasteiger partial charge in [-0.3, -0.25) is 0 Å². The third-order valence-corrected chi connectivity index (χ3v) is 4.59. The Kier molecular flexibility index (Phi) is 4.90. The standard InChI is InChI=1S/C22H18ClN3O/c1-27-19-12-8-16(9-13-19)14-24-22-25-20-4-2-3-5-21(20)26(22)15-17-6-10-18(23)11-7-17/h2-14H,15H2,1H3/b24-14+. The van der Waals surface area contributed by atoms with Crippen molar-refractivity contribution >= 4 is 34.8 Å². The van der Waals surface area contributed by atoms with Gasteiger partial charge < -0.3 is 9.30 Å². The second-order valence-electron chi connectivity index (χ2n) is 6.14. The van der Waals surface area contributed by atoms with Gasteiger partial charge in [-0.25, -0.2) is 9.98 Å². The van der Waals surface area contributed by atoms with E-state index in [1.165, 1.54) is 0 Å². The third-order valence-electron chi connectivity index (χ3n) is 4.33. The van der Waals surface area contributed by atoms with Crippen molar-refractivity contribution in [3.63, 3.8) is 0 Å². The van der Waals surface area contributed by atoms with Gasteiger partial charge in [-0.15, -0.1) is 0 Å². The minimum absolute atomic E-state index is 0.668. The molecule has 0 aliphatic rings. The van der Waals surface area contributed by atoms with Gasteiger partial charge in [0, 0.05) is 11.2 Å². The Morgan fingerprint density at radius 2 is 1.74 bits per heavy atom. The average Bonchev–Trinajstić information content (AvgIpc) is 3.06. The topological polar surface area (TPSA) is 39.4 Å². The smallest absolute Gasteiger partial charge is 0.230 e. The fourth-order valence-corrected chi connectivity index (χ4v) is 3.04. The zero-order valence-corrected chi connectivity index (χ0v) is 15.6. The van der Waals surface area contributed by atoms with E-state index >= 15 is 0 Å². The summed E-state index contributed by atoms with van der Waals surface area (Å²) < 4.78 is 7.31. The van der Waals surface area contributed by atoms with E-state index < -0.39 is 0 Å². The number of aromatic nitrogens is 2. The minimum atomic E-state index is 0.668. The molecule has 1 heterocycles. The molecule has 4 rings (SSSR count). The van der Waals surface area contributed by atoms with Crippen LogP contribution in [-0.2, 0) is 6.54 Å². The lowest BCUT2D eigenvalue weighted by Gasteiger charge is -2.07. The maximum Gasteiger partial charge on any atom is 0.230 e. The highest BCUT2D eigenvalue weighted by Crippen LogP contribution is 2.24. The van der Waals surface area contributed by atoms with Gasteiger partial charge in [0.2, 0.25) is 5.95 Å². The number of hydrogen-bond acceptors (Lipinski definition) is 3. The highest BCUT2D eigenvalue weighted by atomic mass is 35.5. The Morgan fingerprint density at radius 1 is 1.00 bits per heavy atom. The second-order valence-corrected chi connectivity index (χ2v) is 6.58. The van der Waals surface area contributed by atoms with Crippen molar-refractivity contribution in [2.75, 3.05) is 7.11 Å². The molecule has 3 aromatic carbocycles. The molecule has 134 valence electrons. The second kappa shape index (κ2) is 7.64. The molecular formula is C22H18ClN3O. The maximum absolute atomic E-state index is 6.01. The summed E-state index contributed by atoms with van der Waals surface area (Å²) in [6, 6.07) is 23.7. The van der Waals surface area contributed by atoms with Gasteiger partial charge >= 0.3 is 0 Å². The first kappa shape index (κ1) is 17.3. The number of halogens is 1. The van der Waals surface area contributed by atoms with Crippen LogP contribution in [-0.4, -0.2) is 22.9 Å². The molecule has 4 aromatic rings. The number of aliphatic imine (C=N–C) groups is 1. The van der Waals surface area contributed by atoms with Crippen molar-refractivity contribution in [3.05, 3.63) is 88.9 Å². The molecule has 0 saturated heterocycles. The van der Waals surface area contributed by atoms with E-state index in [4.69, 9.17) is 16.3 Å². The molecule has 0 unspecified atom stereocenters. The quantitative estimate of drug-likeness (QED) is 0.432. The Hall–Kier alpha value is -3.11. The fourth-order valence-electron chi connectivity index (χ4n) is 2.91. The van der Waals surface area contributed by atoms with Crippen LogP contribution in [0.25, 0.3) is 11.0 Å². The van der Waals surface area contributed by atoms with Crippen molar-refractivity contribution in [1.29, 1.82) is 0 Å². The largest absolute Gasteiger partial charge is 0.497 e.